The molecule has 1 unspecified atom stereocenters. The lowest BCUT2D eigenvalue weighted by Gasteiger charge is -2.36. The molecule has 2 amide bonds. The minimum absolute atomic E-state index is 0.0341. The van der Waals surface area contributed by atoms with Crippen LogP contribution in [0.5, 0.6) is 0 Å². The van der Waals surface area contributed by atoms with Crippen LogP contribution < -0.4 is 5.32 Å². The first-order valence-corrected chi connectivity index (χ1v) is 11.7. The average molecular weight is 484 g/mol. The zero-order valence-electron chi connectivity index (χ0n) is 19.0. The number of nitrogens with zero attached hydrogens (tertiary/aromatic N) is 1. The van der Waals surface area contributed by atoms with Gasteiger partial charge in [-0.2, -0.15) is 0 Å². The molecule has 0 radical (unpaired) electrons. The molecule has 2 fully saturated rings. The van der Waals surface area contributed by atoms with Crippen LogP contribution in [0.4, 0.5) is 13.6 Å². The average Bonchev–Trinajstić information content (AvgIpc) is 3.30. The number of carbonyl (C=O) groups excluding carboxylic acids is 2. The first kappa shape index (κ1) is 23.3. The molecule has 184 valence electrons. The molecule has 3 aliphatic rings. The highest BCUT2D eigenvalue weighted by molar-refractivity contribution is 5.80. The highest BCUT2D eigenvalue weighted by Crippen LogP contribution is 2.44. The second kappa shape index (κ2) is 8.94. The van der Waals surface area contributed by atoms with Gasteiger partial charge in [0.05, 0.1) is 6.54 Å². The van der Waals surface area contributed by atoms with Crippen molar-refractivity contribution in [2.24, 2.45) is 11.8 Å². The first-order valence-electron chi connectivity index (χ1n) is 11.7. The van der Waals surface area contributed by atoms with Crippen LogP contribution >= 0.6 is 0 Å². The molecule has 1 atom stereocenters. The van der Waals surface area contributed by atoms with Crippen molar-refractivity contribution in [2.75, 3.05) is 19.7 Å². The van der Waals surface area contributed by atoms with E-state index in [-0.39, 0.29) is 30.9 Å². The van der Waals surface area contributed by atoms with Gasteiger partial charge in [0.15, 0.2) is 0 Å². The topological polar surface area (TPSA) is 95.9 Å². The summed E-state index contributed by atoms with van der Waals surface area (Å²) in [4.78, 5) is 36.7. The van der Waals surface area contributed by atoms with Gasteiger partial charge in [-0.05, 0) is 41.0 Å². The normalized spacial score (nSPS) is 24.3. The van der Waals surface area contributed by atoms with Crippen molar-refractivity contribution in [1.29, 1.82) is 0 Å². The van der Waals surface area contributed by atoms with Gasteiger partial charge in [0.25, 0.3) is 5.92 Å². The van der Waals surface area contributed by atoms with Crippen LogP contribution in [0.1, 0.15) is 36.3 Å². The number of carboxylic acid groups (broad SMARTS) is 1. The van der Waals surface area contributed by atoms with Gasteiger partial charge in [0.1, 0.15) is 12.5 Å². The standard InChI is InChI=1S/C26H26F2N2O5/c27-26(28)14-30(12-22(26)24(32)33)23(31)11-15-9-16(10-15)29-25(34)35-13-21-19-7-3-1-5-17(19)18-6-2-4-8-20(18)21/h1-8,15-16,21-22H,9-14H2,(H,29,34)(H,32,33). The van der Waals surface area contributed by atoms with E-state index in [1.807, 2.05) is 36.4 Å². The van der Waals surface area contributed by atoms with Crippen molar-refractivity contribution >= 4 is 18.0 Å². The number of fused-ring (bicyclic) bond motifs is 3. The molecule has 2 aliphatic carbocycles. The molecule has 35 heavy (non-hydrogen) atoms. The fourth-order valence-corrected chi connectivity index (χ4v) is 5.43. The lowest BCUT2D eigenvalue weighted by Crippen LogP contribution is -2.46. The lowest BCUT2D eigenvalue weighted by atomic mass is 9.78. The molecule has 2 aromatic carbocycles. The van der Waals surface area contributed by atoms with Crippen molar-refractivity contribution < 1.29 is 33.0 Å². The van der Waals surface area contributed by atoms with Crippen molar-refractivity contribution in [3.63, 3.8) is 0 Å². The van der Waals surface area contributed by atoms with E-state index < -0.39 is 42.9 Å². The van der Waals surface area contributed by atoms with Crippen LogP contribution in [-0.2, 0) is 14.3 Å². The lowest BCUT2D eigenvalue weighted by molar-refractivity contribution is -0.151. The highest BCUT2D eigenvalue weighted by Gasteiger charge is 2.53. The minimum Gasteiger partial charge on any atom is -0.481 e. The monoisotopic (exact) mass is 484 g/mol. The van der Waals surface area contributed by atoms with Crippen LogP contribution in [0, 0.1) is 11.8 Å². The molecular weight excluding hydrogens is 458 g/mol. The van der Waals surface area contributed by atoms with E-state index in [9.17, 15) is 23.2 Å². The van der Waals surface area contributed by atoms with E-state index in [4.69, 9.17) is 9.84 Å². The number of ether oxygens (including phenoxy) is 1. The maximum Gasteiger partial charge on any atom is 0.407 e. The van der Waals surface area contributed by atoms with Crippen molar-refractivity contribution in [3.8, 4) is 11.1 Å². The van der Waals surface area contributed by atoms with Gasteiger partial charge in [0.2, 0.25) is 5.91 Å². The molecule has 1 saturated heterocycles. The number of likely N-dealkylation sites (tertiary alicyclic amines) is 1. The Morgan fingerprint density at radius 2 is 1.63 bits per heavy atom. The summed E-state index contributed by atoms with van der Waals surface area (Å²) in [6.45, 7) is -1.13. The number of rotatable bonds is 6. The van der Waals surface area contributed by atoms with E-state index in [2.05, 4.69) is 17.4 Å². The zero-order chi connectivity index (χ0) is 24.7. The number of hydrogen-bond acceptors (Lipinski definition) is 4. The van der Waals surface area contributed by atoms with Gasteiger partial charge >= 0.3 is 12.1 Å². The summed E-state index contributed by atoms with van der Waals surface area (Å²) in [5, 5.41) is 11.8. The molecule has 2 aromatic rings. The predicted octanol–water partition coefficient (Wildman–Crippen LogP) is 3.87. The summed E-state index contributed by atoms with van der Waals surface area (Å²) in [6.07, 6.45) is 0.626. The minimum atomic E-state index is -3.42. The fourth-order valence-electron chi connectivity index (χ4n) is 5.43. The van der Waals surface area contributed by atoms with Gasteiger partial charge in [-0.3, -0.25) is 9.59 Å². The summed E-state index contributed by atoms with van der Waals surface area (Å²) in [6, 6.07) is 16.0. The molecule has 1 saturated carbocycles. The molecule has 9 heteroatoms. The molecular formula is C26H26F2N2O5. The number of nitrogens with one attached hydrogen (secondary N) is 1. The molecule has 2 N–H and O–H groups in total. The SMILES string of the molecule is O=C(NC1CC(CC(=O)N2CC(C(=O)O)C(F)(F)C2)C1)OCC1c2ccccc2-c2ccccc21. The Labute approximate surface area is 201 Å². The molecule has 1 aliphatic heterocycles. The molecule has 5 rings (SSSR count). The van der Waals surface area contributed by atoms with Gasteiger partial charge < -0.3 is 20.1 Å². The quantitative estimate of drug-likeness (QED) is 0.649. The van der Waals surface area contributed by atoms with Gasteiger partial charge in [-0.1, -0.05) is 48.5 Å². The van der Waals surface area contributed by atoms with E-state index >= 15 is 0 Å². The Morgan fingerprint density at radius 3 is 2.20 bits per heavy atom. The Bertz CT molecular complexity index is 1120. The number of benzene rings is 2. The first-order chi connectivity index (χ1) is 16.7. The van der Waals surface area contributed by atoms with Crippen molar-refractivity contribution in [3.05, 3.63) is 59.7 Å². The summed E-state index contributed by atoms with van der Waals surface area (Å²) in [5.74, 6) is -7.43. The number of carboxylic acids is 1. The largest absolute Gasteiger partial charge is 0.481 e. The number of alkyl carbamates (subject to hydrolysis) is 1. The van der Waals surface area contributed by atoms with Crippen LogP contribution in [0.15, 0.2) is 48.5 Å². The Balaban J connectivity index is 1.08. The maximum absolute atomic E-state index is 13.8. The number of amides is 2. The third-order valence-electron chi connectivity index (χ3n) is 7.33. The zero-order valence-corrected chi connectivity index (χ0v) is 19.0. The third kappa shape index (κ3) is 4.47. The smallest absolute Gasteiger partial charge is 0.407 e. The Kier molecular flexibility index (Phi) is 5.94. The van der Waals surface area contributed by atoms with Crippen LogP contribution in [0.3, 0.4) is 0 Å². The molecule has 0 bridgehead atoms. The van der Waals surface area contributed by atoms with Gasteiger partial charge in [0, 0.05) is 24.9 Å². The van der Waals surface area contributed by atoms with Crippen LogP contribution in [-0.4, -0.2) is 59.6 Å². The molecule has 7 nitrogen and oxygen atoms in total. The van der Waals surface area contributed by atoms with E-state index in [0.29, 0.717) is 12.8 Å². The van der Waals surface area contributed by atoms with Gasteiger partial charge in [-0.25, -0.2) is 13.6 Å². The van der Waals surface area contributed by atoms with E-state index in [1.165, 1.54) is 0 Å². The third-order valence-corrected chi connectivity index (χ3v) is 7.33. The van der Waals surface area contributed by atoms with Gasteiger partial charge in [-0.15, -0.1) is 0 Å². The summed E-state index contributed by atoms with van der Waals surface area (Å²) >= 11 is 0. The molecule has 0 aromatic heterocycles. The summed E-state index contributed by atoms with van der Waals surface area (Å²) < 4.78 is 33.2. The Morgan fingerprint density at radius 1 is 1.03 bits per heavy atom. The second-order valence-corrected chi connectivity index (χ2v) is 9.63. The maximum atomic E-state index is 13.8. The second-order valence-electron chi connectivity index (χ2n) is 9.63. The van der Waals surface area contributed by atoms with E-state index in [1.54, 1.807) is 0 Å². The summed E-state index contributed by atoms with van der Waals surface area (Å²) in [7, 11) is 0. The number of alkyl halides is 2. The van der Waals surface area contributed by atoms with Crippen LogP contribution in [0.2, 0.25) is 0 Å². The van der Waals surface area contributed by atoms with Crippen molar-refractivity contribution in [1.82, 2.24) is 10.2 Å². The Hall–Kier alpha value is -3.49. The molecule has 0 spiro atoms. The highest BCUT2D eigenvalue weighted by atomic mass is 19.3. The number of halogens is 2. The van der Waals surface area contributed by atoms with Crippen LogP contribution in [0.25, 0.3) is 11.1 Å². The predicted molar refractivity (Wildman–Crippen MR) is 122 cm³/mol. The van der Waals surface area contributed by atoms with E-state index in [0.717, 1.165) is 27.2 Å². The molecule has 1 heterocycles. The van der Waals surface area contributed by atoms with Crippen molar-refractivity contribution in [2.45, 2.75) is 37.1 Å². The number of aliphatic carboxylic acids is 1. The number of carbonyl (C=O) groups is 3. The number of hydrogen-bond donors (Lipinski definition) is 2. The fraction of sp³-hybridized carbons (Fsp3) is 0.423. The summed E-state index contributed by atoms with van der Waals surface area (Å²) in [5.41, 5.74) is 4.55.